The largest absolute Gasteiger partial charge is 0.393 e. The zero-order chi connectivity index (χ0) is 11.0. The monoisotopic (exact) mass is 242 g/mol. The second kappa shape index (κ2) is 7.50. The summed E-state index contributed by atoms with van der Waals surface area (Å²) < 4.78 is 29.1. The summed E-state index contributed by atoms with van der Waals surface area (Å²) in [6, 6.07) is 0. The third-order valence-corrected chi connectivity index (χ3v) is 3.66. The molecule has 0 amide bonds. The molecule has 0 bridgehead atoms. The molecular formula is C8H18O4S2. The van der Waals surface area contributed by atoms with Crippen molar-refractivity contribution in [3.63, 3.8) is 0 Å². The molecule has 0 fully saturated rings. The van der Waals surface area contributed by atoms with Gasteiger partial charge in [0, 0.05) is 0 Å². The highest BCUT2D eigenvalue weighted by molar-refractivity contribution is 7.99. The number of rotatable bonds is 8. The van der Waals surface area contributed by atoms with E-state index in [1.165, 1.54) is 0 Å². The van der Waals surface area contributed by atoms with Crippen molar-refractivity contribution in [3.05, 3.63) is 0 Å². The smallest absolute Gasteiger partial charge is 0.264 e. The van der Waals surface area contributed by atoms with Crippen LogP contribution in [-0.2, 0) is 10.1 Å². The van der Waals surface area contributed by atoms with E-state index in [-0.39, 0.29) is 11.9 Å². The van der Waals surface area contributed by atoms with Gasteiger partial charge >= 0.3 is 0 Å². The molecule has 0 radical (unpaired) electrons. The number of hydrogen-bond donors (Lipinski definition) is 2. The van der Waals surface area contributed by atoms with E-state index >= 15 is 0 Å². The van der Waals surface area contributed by atoms with Crippen LogP contribution in [0.4, 0.5) is 0 Å². The highest BCUT2D eigenvalue weighted by Crippen LogP contribution is 2.08. The molecule has 0 heterocycles. The van der Waals surface area contributed by atoms with Crippen LogP contribution in [0.5, 0.6) is 0 Å². The molecule has 1 unspecified atom stereocenters. The Morgan fingerprint density at radius 3 is 2.50 bits per heavy atom. The third-order valence-electron chi connectivity index (χ3n) is 1.76. The topological polar surface area (TPSA) is 74.6 Å². The molecule has 0 saturated heterocycles. The Bertz CT molecular complexity index is 225. The van der Waals surface area contributed by atoms with Crippen LogP contribution in [0.2, 0.25) is 0 Å². The first kappa shape index (κ1) is 14.2. The van der Waals surface area contributed by atoms with Gasteiger partial charge in [-0.1, -0.05) is 6.92 Å². The van der Waals surface area contributed by atoms with E-state index < -0.39 is 10.1 Å². The Labute approximate surface area is 89.8 Å². The third kappa shape index (κ3) is 10.3. The van der Waals surface area contributed by atoms with Gasteiger partial charge in [-0.2, -0.15) is 20.2 Å². The Morgan fingerprint density at radius 1 is 1.36 bits per heavy atom. The summed E-state index contributed by atoms with van der Waals surface area (Å²) in [6.45, 7) is 1.92. The fourth-order valence-corrected chi connectivity index (χ4v) is 2.55. The van der Waals surface area contributed by atoms with Gasteiger partial charge in [0.25, 0.3) is 10.1 Å². The highest BCUT2D eigenvalue weighted by atomic mass is 32.2. The quantitative estimate of drug-likeness (QED) is 0.493. The van der Waals surface area contributed by atoms with Crippen LogP contribution >= 0.6 is 11.8 Å². The Morgan fingerprint density at radius 2 is 2.00 bits per heavy atom. The average Bonchev–Trinajstić information content (AvgIpc) is 2.08. The van der Waals surface area contributed by atoms with Crippen LogP contribution in [0.1, 0.15) is 26.2 Å². The number of aliphatic hydroxyl groups excluding tert-OH is 1. The number of thioether (sulfide) groups is 1. The average molecular weight is 242 g/mol. The van der Waals surface area contributed by atoms with Gasteiger partial charge in [0.2, 0.25) is 0 Å². The van der Waals surface area contributed by atoms with Crippen LogP contribution in [0.25, 0.3) is 0 Å². The van der Waals surface area contributed by atoms with Gasteiger partial charge in [-0.15, -0.1) is 0 Å². The highest BCUT2D eigenvalue weighted by Gasteiger charge is 2.04. The van der Waals surface area contributed by atoms with Gasteiger partial charge in [0.05, 0.1) is 11.9 Å². The molecule has 0 aromatic rings. The van der Waals surface area contributed by atoms with Crippen molar-refractivity contribution < 1.29 is 18.1 Å². The maximum Gasteiger partial charge on any atom is 0.264 e. The van der Waals surface area contributed by atoms with Crippen LogP contribution in [-0.4, -0.2) is 41.4 Å². The molecule has 0 aromatic heterocycles. The zero-order valence-corrected chi connectivity index (χ0v) is 9.98. The molecule has 0 spiro atoms. The summed E-state index contributed by atoms with van der Waals surface area (Å²) in [5.74, 6) is 1.37. The minimum atomic E-state index is -3.80. The minimum Gasteiger partial charge on any atom is -0.393 e. The predicted molar refractivity (Wildman–Crippen MR) is 59.3 cm³/mol. The molecule has 0 aromatic carbocycles. The predicted octanol–water partition coefficient (Wildman–Crippen LogP) is 1.16. The molecule has 0 aliphatic rings. The first-order chi connectivity index (χ1) is 6.45. The first-order valence-electron chi connectivity index (χ1n) is 4.66. The first-order valence-corrected chi connectivity index (χ1v) is 7.43. The lowest BCUT2D eigenvalue weighted by Gasteiger charge is -2.06. The van der Waals surface area contributed by atoms with Gasteiger partial charge in [-0.3, -0.25) is 4.55 Å². The number of hydrogen-bond acceptors (Lipinski definition) is 4. The molecule has 2 N–H and O–H groups in total. The van der Waals surface area contributed by atoms with Gasteiger partial charge in [-0.05, 0) is 30.8 Å². The van der Waals surface area contributed by atoms with Crippen molar-refractivity contribution in [3.8, 4) is 0 Å². The second-order valence-electron chi connectivity index (χ2n) is 3.10. The van der Waals surface area contributed by atoms with E-state index in [9.17, 15) is 13.5 Å². The van der Waals surface area contributed by atoms with Crippen molar-refractivity contribution in [1.82, 2.24) is 0 Å². The molecule has 0 aliphatic carbocycles. The van der Waals surface area contributed by atoms with Crippen molar-refractivity contribution in [2.45, 2.75) is 32.3 Å². The van der Waals surface area contributed by atoms with Gasteiger partial charge < -0.3 is 5.11 Å². The van der Waals surface area contributed by atoms with E-state index in [4.69, 9.17) is 4.55 Å². The molecule has 6 heteroatoms. The normalized spacial score (nSPS) is 14.2. The molecule has 0 aliphatic heterocycles. The summed E-state index contributed by atoms with van der Waals surface area (Å²) in [5, 5.41) is 9.19. The van der Waals surface area contributed by atoms with Crippen molar-refractivity contribution in [1.29, 1.82) is 0 Å². The van der Waals surface area contributed by atoms with Crippen molar-refractivity contribution >= 4 is 21.9 Å². The summed E-state index contributed by atoms with van der Waals surface area (Å²) in [4.78, 5) is 0. The SMILES string of the molecule is CCC(O)CCSCCCS(=O)(=O)O. The summed E-state index contributed by atoms with van der Waals surface area (Å²) in [7, 11) is -3.80. The molecule has 86 valence electrons. The molecule has 1 atom stereocenters. The van der Waals surface area contributed by atoms with Crippen LogP contribution in [0, 0.1) is 0 Å². The van der Waals surface area contributed by atoms with Crippen molar-refractivity contribution in [2.75, 3.05) is 17.3 Å². The lowest BCUT2D eigenvalue weighted by Crippen LogP contribution is -2.07. The lowest BCUT2D eigenvalue weighted by molar-refractivity contribution is 0.167. The Balaban J connectivity index is 3.23. The maximum atomic E-state index is 10.3. The molecule has 0 saturated carbocycles. The summed E-state index contributed by atoms with van der Waals surface area (Å²) in [5.41, 5.74) is 0. The van der Waals surface area contributed by atoms with E-state index in [1.807, 2.05) is 6.92 Å². The van der Waals surface area contributed by atoms with E-state index in [1.54, 1.807) is 11.8 Å². The lowest BCUT2D eigenvalue weighted by atomic mass is 10.2. The Hall–Kier alpha value is 0.220. The summed E-state index contributed by atoms with van der Waals surface area (Å²) >= 11 is 1.60. The molecule has 14 heavy (non-hydrogen) atoms. The molecule has 4 nitrogen and oxygen atoms in total. The zero-order valence-electron chi connectivity index (χ0n) is 8.35. The van der Waals surface area contributed by atoms with E-state index in [0.717, 1.165) is 18.6 Å². The molecular weight excluding hydrogens is 224 g/mol. The van der Waals surface area contributed by atoms with Crippen LogP contribution in [0.3, 0.4) is 0 Å². The standard InChI is InChI=1S/C8H18O4S2/c1-2-8(9)4-6-13-5-3-7-14(10,11)12/h8-9H,2-7H2,1H3,(H,10,11,12). The van der Waals surface area contributed by atoms with Crippen LogP contribution in [0.15, 0.2) is 0 Å². The molecule has 0 rings (SSSR count). The Kier molecular flexibility index (Phi) is 7.62. The van der Waals surface area contributed by atoms with Crippen molar-refractivity contribution in [2.24, 2.45) is 0 Å². The maximum absolute atomic E-state index is 10.3. The van der Waals surface area contributed by atoms with Gasteiger partial charge in [-0.25, -0.2) is 0 Å². The fraction of sp³-hybridized carbons (Fsp3) is 1.00. The fourth-order valence-electron chi connectivity index (χ4n) is 0.869. The number of aliphatic hydroxyl groups is 1. The van der Waals surface area contributed by atoms with E-state index in [0.29, 0.717) is 12.2 Å². The van der Waals surface area contributed by atoms with Gasteiger partial charge in [0.15, 0.2) is 0 Å². The summed E-state index contributed by atoms with van der Waals surface area (Å²) in [6.07, 6.45) is 1.72. The minimum absolute atomic E-state index is 0.170. The van der Waals surface area contributed by atoms with E-state index in [2.05, 4.69) is 0 Å². The van der Waals surface area contributed by atoms with Gasteiger partial charge in [0.1, 0.15) is 0 Å². The second-order valence-corrected chi connectivity index (χ2v) is 5.90. The van der Waals surface area contributed by atoms with Crippen LogP contribution < -0.4 is 0 Å².